The minimum absolute atomic E-state index is 0.274. The van der Waals surface area contributed by atoms with Gasteiger partial charge in [0, 0.05) is 43.7 Å². The Kier molecular flexibility index (Phi) is 6.09. The van der Waals surface area contributed by atoms with Crippen LogP contribution in [0.5, 0.6) is 5.75 Å². The molecule has 0 atom stereocenters. The molecule has 1 N–H and O–H groups in total. The average Bonchev–Trinajstić information content (AvgIpc) is 3.02. The van der Waals surface area contributed by atoms with Gasteiger partial charge in [-0.3, -0.25) is 9.69 Å². The molecular formula is C25H28N2O4. The number of amides is 1. The van der Waals surface area contributed by atoms with Crippen LogP contribution >= 0.6 is 0 Å². The molecule has 162 valence electrons. The van der Waals surface area contributed by atoms with Crippen LogP contribution in [0.4, 0.5) is 5.69 Å². The van der Waals surface area contributed by atoms with E-state index in [1.54, 1.807) is 19.1 Å². The van der Waals surface area contributed by atoms with E-state index in [4.69, 9.17) is 9.47 Å². The second-order valence-corrected chi connectivity index (χ2v) is 8.06. The van der Waals surface area contributed by atoms with Gasteiger partial charge in [-0.15, -0.1) is 0 Å². The number of carbonyl (C=O) groups excluding carboxylic acids is 2. The second-order valence-electron chi connectivity index (χ2n) is 8.06. The quantitative estimate of drug-likeness (QED) is 0.717. The van der Waals surface area contributed by atoms with E-state index in [0.29, 0.717) is 36.3 Å². The summed E-state index contributed by atoms with van der Waals surface area (Å²) in [6, 6.07) is 17.5. The summed E-state index contributed by atoms with van der Waals surface area (Å²) < 4.78 is 11.3. The number of anilines is 1. The largest absolute Gasteiger partial charge is 0.494 e. The fraction of sp³-hybridized carbons (Fsp3) is 0.360. The molecule has 0 bridgehead atoms. The number of esters is 1. The van der Waals surface area contributed by atoms with E-state index in [1.165, 1.54) is 5.56 Å². The molecule has 1 saturated heterocycles. The molecule has 31 heavy (non-hydrogen) atoms. The summed E-state index contributed by atoms with van der Waals surface area (Å²) in [6.45, 7) is 6.56. The fourth-order valence-electron chi connectivity index (χ4n) is 4.39. The highest BCUT2D eigenvalue weighted by Crippen LogP contribution is 2.41. The number of piperidine rings is 1. The molecule has 2 aliphatic rings. The van der Waals surface area contributed by atoms with Crippen LogP contribution in [0.3, 0.4) is 0 Å². The summed E-state index contributed by atoms with van der Waals surface area (Å²) in [6.07, 6.45) is 1.21. The van der Waals surface area contributed by atoms with Gasteiger partial charge in [-0.25, -0.2) is 4.79 Å². The maximum absolute atomic E-state index is 13.2. The molecule has 2 aliphatic heterocycles. The van der Waals surface area contributed by atoms with Crippen molar-refractivity contribution in [2.45, 2.75) is 38.8 Å². The van der Waals surface area contributed by atoms with Crippen molar-refractivity contribution in [2.24, 2.45) is 0 Å². The van der Waals surface area contributed by atoms with Gasteiger partial charge in [0.1, 0.15) is 11.4 Å². The van der Waals surface area contributed by atoms with Gasteiger partial charge in [0.2, 0.25) is 0 Å². The van der Waals surface area contributed by atoms with Crippen LogP contribution in [0.25, 0.3) is 0 Å². The van der Waals surface area contributed by atoms with E-state index in [0.717, 1.165) is 25.4 Å². The van der Waals surface area contributed by atoms with Crippen molar-refractivity contribution in [3.63, 3.8) is 0 Å². The predicted octanol–water partition coefficient (Wildman–Crippen LogP) is 3.93. The highest BCUT2D eigenvalue weighted by atomic mass is 16.6. The van der Waals surface area contributed by atoms with Gasteiger partial charge in [-0.1, -0.05) is 30.3 Å². The lowest BCUT2D eigenvalue weighted by Gasteiger charge is -2.39. The molecular weight excluding hydrogens is 392 g/mol. The molecule has 0 aliphatic carbocycles. The van der Waals surface area contributed by atoms with Crippen molar-refractivity contribution < 1.29 is 19.1 Å². The molecule has 4 rings (SSSR count). The van der Waals surface area contributed by atoms with Gasteiger partial charge in [0.15, 0.2) is 0 Å². The molecule has 0 saturated carbocycles. The van der Waals surface area contributed by atoms with Crippen molar-refractivity contribution in [3.8, 4) is 5.75 Å². The third-order valence-corrected chi connectivity index (χ3v) is 5.99. The molecule has 1 fully saturated rings. The van der Waals surface area contributed by atoms with Gasteiger partial charge in [0.25, 0.3) is 5.91 Å². The van der Waals surface area contributed by atoms with Crippen molar-refractivity contribution in [3.05, 3.63) is 71.3 Å². The zero-order valence-corrected chi connectivity index (χ0v) is 18.0. The van der Waals surface area contributed by atoms with Crippen molar-refractivity contribution in [1.29, 1.82) is 0 Å². The van der Waals surface area contributed by atoms with E-state index in [1.807, 2.05) is 37.3 Å². The second kappa shape index (κ2) is 8.94. The van der Waals surface area contributed by atoms with Crippen LogP contribution in [-0.4, -0.2) is 42.1 Å². The number of nitrogens with one attached hydrogen (secondary N) is 1. The molecule has 1 spiro atoms. The fourth-order valence-corrected chi connectivity index (χ4v) is 4.39. The lowest BCUT2D eigenvalue weighted by Crippen LogP contribution is -2.47. The van der Waals surface area contributed by atoms with Gasteiger partial charge in [0.05, 0.1) is 12.2 Å². The van der Waals surface area contributed by atoms with E-state index in [-0.39, 0.29) is 5.91 Å². The van der Waals surface area contributed by atoms with Gasteiger partial charge < -0.3 is 14.8 Å². The van der Waals surface area contributed by atoms with Gasteiger partial charge in [-0.2, -0.15) is 0 Å². The Morgan fingerprint density at radius 3 is 2.42 bits per heavy atom. The van der Waals surface area contributed by atoms with Crippen LogP contribution in [0.1, 0.15) is 32.3 Å². The summed E-state index contributed by atoms with van der Waals surface area (Å²) in [4.78, 5) is 27.9. The molecule has 2 aromatic rings. The minimum Gasteiger partial charge on any atom is -0.494 e. The van der Waals surface area contributed by atoms with E-state index in [9.17, 15) is 9.59 Å². The number of hydrogen-bond donors (Lipinski definition) is 1. The van der Waals surface area contributed by atoms with Crippen LogP contribution in [0.2, 0.25) is 0 Å². The van der Waals surface area contributed by atoms with E-state index in [2.05, 4.69) is 22.3 Å². The lowest BCUT2D eigenvalue weighted by atomic mass is 9.82. The minimum atomic E-state index is -0.844. The van der Waals surface area contributed by atoms with Crippen molar-refractivity contribution >= 4 is 17.6 Å². The molecule has 0 radical (unpaired) electrons. The molecule has 2 aromatic carbocycles. The Labute approximate surface area is 182 Å². The SMILES string of the molecule is CCOc1ccc(NC(=O)C2=C(C)C(=O)OC23CCN(Cc2ccccc2)CC3)cc1. The first kappa shape index (κ1) is 21.1. The van der Waals surface area contributed by atoms with Gasteiger partial charge >= 0.3 is 5.97 Å². The first-order valence-electron chi connectivity index (χ1n) is 10.8. The predicted molar refractivity (Wildman–Crippen MR) is 119 cm³/mol. The Morgan fingerprint density at radius 1 is 1.10 bits per heavy atom. The number of hydrogen-bond acceptors (Lipinski definition) is 5. The average molecular weight is 421 g/mol. The van der Waals surface area contributed by atoms with Crippen molar-refractivity contribution in [2.75, 3.05) is 25.0 Å². The summed E-state index contributed by atoms with van der Waals surface area (Å²) in [5, 5.41) is 2.93. The zero-order chi connectivity index (χ0) is 21.8. The number of benzene rings is 2. The highest BCUT2D eigenvalue weighted by molar-refractivity contribution is 6.12. The summed E-state index contributed by atoms with van der Waals surface area (Å²) >= 11 is 0. The lowest BCUT2D eigenvalue weighted by molar-refractivity contribution is -0.150. The Bertz CT molecular complexity index is 974. The van der Waals surface area contributed by atoms with Gasteiger partial charge in [-0.05, 0) is 43.7 Å². The smallest absolute Gasteiger partial charge is 0.335 e. The topological polar surface area (TPSA) is 67.9 Å². The number of ether oxygens (including phenoxy) is 2. The first-order chi connectivity index (χ1) is 15.0. The third kappa shape index (κ3) is 4.49. The molecule has 1 amide bonds. The van der Waals surface area contributed by atoms with Crippen LogP contribution < -0.4 is 10.1 Å². The van der Waals surface area contributed by atoms with Crippen LogP contribution in [-0.2, 0) is 20.9 Å². The normalized spacial score (nSPS) is 18.2. The number of rotatable bonds is 6. The number of likely N-dealkylation sites (tertiary alicyclic amines) is 1. The monoisotopic (exact) mass is 420 g/mol. The maximum atomic E-state index is 13.2. The standard InChI is InChI=1S/C25H28N2O4/c1-3-30-21-11-9-20(10-12-21)26-23(28)22-18(2)24(29)31-25(22)13-15-27(16-14-25)17-19-7-5-4-6-8-19/h4-12H,3,13-17H2,1-2H3,(H,26,28). The van der Waals surface area contributed by atoms with Crippen LogP contribution in [0, 0.1) is 0 Å². The highest BCUT2D eigenvalue weighted by Gasteiger charge is 2.50. The molecule has 0 aromatic heterocycles. The Hall–Kier alpha value is -3.12. The van der Waals surface area contributed by atoms with E-state index < -0.39 is 11.6 Å². The number of carbonyl (C=O) groups is 2. The number of nitrogens with zero attached hydrogens (tertiary/aromatic N) is 1. The molecule has 6 heteroatoms. The molecule has 6 nitrogen and oxygen atoms in total. The van der Waals surface area contributed by atoms with Crippen LogP contribution in [0.15, 0.2) is 65.7 Å². The Balaban J connectivity index is 1.46. The third-order valence-electron chi connectivity index (χ3n) is 5.99. The first-order valence-corrected chi connectivity index (χ1v) is 10.8. The molecule has 0 unspecified atom stereocenters. The summed E-state index contributed by atoms with van der Waals surface area (Å²) in [7, 11) is 0. The van der Waals surface area contributed by atoms with Crippen molar-refractivity contribution in [1.82, 2.24) is 4.90 Å². The summed E-state index contributed by atoms with van der Waals surface area (Å²) in [5.74, 6) is 0.0786. The Morgan fingerprint density at radius 2 is 1.77 bits per heavy atom. The van der Waals surface area contributed by atoms with E-state index >= 15 is 0 Å². The molecule has 2 heterocycles. The summed E-state index contributed by atoms with van der Waals surface area (Å²) in [5.41, 5.74) is 1.93. The maximum Gasteiger partial charge on any atom is 0.335 e. The zero-order valence-electron chi connectivity index (χ0n) is 18.0.